The zero-order chi connectivity index (χ0) is 51.2. The van der Waals surface area contributed by atoms with E-state index in [0.717, 1.165) is 48.6 Å². The molecule has 6 aromatic rings. The topological polar surface area (TPSA) is 416 Å². The van der Waals surface area contributed by atoms with E-state index < -0.39 is 106 Å². The van der Waals surface area contributed by atoms with E-state index in [-0.39, 0.29) is 51.5 Å². The van der Waals surface area contributed by atoms with Gasteiger partial charge in [0.1, 0.15) is 21.3 Å². The van der Waals surface area contributed by atoms with Gasteiger partial charge in [-0.1, -0.05) is 18.2 Å². The summed E-state index contributed by atoms with van der Waals surface area (Å²) >= 11 is 0. The number of phenols is 2. The van der Waals surface area contributed by atoms with Crippen LogP contribution < -0.4 is 26.8 Å². The summed E-state index contributed by atoms with van der Waals surface area (Å²) in [6.45, 7) is 0. The van der Waals surface area contributed by atoms with Gasteiger partial charge >= 0.3 is 0 Å². The second-order valence-corrected chi connectivity index (χ2v) is 20.4. The number of carbonyl (C=O) groups excluding carboxylic acids is 2. The molecule has 2 aliphatic rings. The van der Waals surface area contributed by atoms with E-state index >= 15 is 0 Å². The van der Waals surface area contributed by atoms with Gasteiger partial charge in [-0.05, 0) is 108 Å². The number of Topliss-reactive ketones (excluding diaryl/α,β-unsaturated/α-hetero) is 2. The van der Waals surface area contributed by atoms with Gasteiger partial charge in [0.05, 0.1) is 21.2 Å². The molecule has 11 N–H and O–H groups in total. The van der Waals surface area contributed by atoms with Gasteiger partial charge < -0.3 is 26.2 Å². The number of anilines is 8. The van der Waals surface area contributed by atoms with Crippen LogP contribution in [0.3, 0.4) is 0 Å². The Labute approximate surface area is 400 Å². The lowest BCUT2D eigenvalue weighted by atomic mass is 9.94. The van der Waals surface area contributed by atoms with Gasteiger partial charge in [0, 0.05) is 28.2 Å². The second kappa shape index (κ2) is 18.4. The van der Waals surface area contributed by atoms with E-state index in [0.29, 0.717) is 5.69 Å². The summed E-state index contributed by atoms with van der Waals surface area (Å²) in [5.74, 6) is -3.65. The first-order valence-corrected chi connectivity index (χ1v) is 25.2. The fraction of sp³-hybridized carbons (Fsp3) is 0. The van der Waals surface area contributed by atoms with Gasteiger partial charge in [-0.2, -0.15) is 58.8 Å². The van der Waals surface area contributed by atoms with Crippen molar-refractivity contribution in [2.45, 2.75) is 9.79 Å². The normalized spacial score (nSPS) is 15.0. The van der Waals surface area contributed by atoms with Crippen LogP contribution in [0.15, 0.2) is 133 Å². The molecule has 0 spiro atoms. The van der Waals surface area contributed by atoms with Gasteiger partial charge in [-0.25, -0.2) is 0 Å². The molecular weight excluding hydrogens is 1020 g/mol. The molecule has 8 rings (SSSR count). The van der Waals surface area contributed by atoms with Gasteiger partial charge in [-0.15, -0.1) is 0 Å². The molecule has 0 saturated carbocycles. The van der Waals surface area contributed by atoms with Crippen molar-refractivity contribution >= 4 is 122 Å². The Bertz CT molecular complexity index is 3640. The first-order chi connectivity index (χ1) is 33.3. The Morgan fingerprint density at radius 2 is 0.817 bits per heavy atom. The third-order valence-electron chi connectivity index (χ3n) is 9.90. The zero-order valence-electron chi connectivity index (χ0n) is 35.1. The smallest absolute Gasteiger partial charge is 0.296 e. The van der Waals surface area contributed by atoms with Crippen LogP contribution in [-0.4, -0.2) is 100 Å². The summed E-state index contributed by atoms with van der Waals surface area (Å²) in [5, 5.41) is 36.7. The number of hydrogen-bond acceptors (Lipinski definition) is 22. The molecule has 0 amide bonds. The maximum atomic E-state index is 13.7. The number of benzene rings is 5. The van der Waals surface area contributed by atoms with Crippen molar-refractivity contribution in [2.24, 2.45) is 10.2 Å². The van der Waals surface area contributed by atoms with Crippen molar-refractivity contribution in [3.8, 4) is 11.5 Å². The Balaban J connectivity index is 1.10. The number of ketones is 2. The fourth-order valence-corrected chi connectivity index (χ4v) is 8.98. The molecule has 26 nitrogen and oxygen atoms in total. The first kappa shape index (κ1) is 48.9. The van der Waals surface area contributed by atoms with Crippen molar-refractivity contribution in [1.29, 1.82) is 0 Å². The van der Waals surface area contributed by atoms with Crippen LogP contribution in [0.4, 0.5) is 46.3 Å². The highest BCUT2D eigenvalue weighted by Gasteiger charge is 2.35. The van der Waals surface area contributed by atoms with Crippen LogP contribution in [0.2, 0.25) is 0 Å². The number of fused-ring (bicyclic) bond motifs is 2. The van der Waals surface area contributed by atoms with Crippen LogP contribution in [0.1, 0.15) is 31.8 Å². The maximum absolute atomic E-state index is 13.7. The molecule has 364 valence electrons. The quantitative estimate of drug-likeness (QED) is 0.0396. The molecule has 1 heterocycles. The lowest BCUT2D eigenvalue weighted by molar-refractivity contribution is 0.105. The average Bonchev–Trinajstić information content (AvgIpc) is 3.28. The highest BCUT2D eigenvalue weighted by Crippen LogP contribution is 2.34. The van der Waals surface area contributed by atoms with Gasteiger partial charge in [-0.3, -0.25) is 38.7 Å². The average molecular weight is 1050 g/mol. The van der Waals surface area contributed by atoms with Crippen molar-refractivity contribution in [2.75, 3.05) is 26.8 Å². The van der Waals surface area contributed by atoms with Crippen LogP contribution in [0, 0.1) is 0 Å². The number of phenolic OH excluding ortho intramolecular Hbond substituents is 2. The number of para-hydroxylation sites is 1. The fourth-order valence-electron chi connectivity index (χ4n) is 6.65. The zero-order valence-corrected chi connectivity index (χ0v) is 38.4. The Kier molecular flexibility index (Phi) is 12.7. The highest BCUT2D eigenvalue weighted by atomic mass is 32.2. The summed E-state index contributed by atoms with van der Waals surface area (Å²) < 4.78 is 136. The molecule has 0 radical (unpaired) electrons. The number of nitrogens with zero attached hydrogens (tertiary/aromatic N) is 5. The van der Waals surface area contributed by atoms with Crippen molar-refractivity contribution in [1.82, 2.24) is 15.0 Å². The molecule has 0 fully saturated rings. The summed E-state index contributed by atoms with van der Waals surface area (Å²) in [6.07, 6.45) is 1.83. The molecule has 71 heavy (non-hydrogen) atoms. The summed E-state index contributed by atoms with van der Waals surface area (Å²) in [4.78, 5) is 37.2. The number of allylic oxidation sites excluding steroid dienone is 2. The minimum absolute atomic E-state index is 0.0489. The van der Waals surface area contributed by atoms with Crippen LogP contribution in [-0.2, 0) is 40.5 Å². The van der Waals surface area contributed by atoms with Crippen LogP contribution in [0.25, 0.3) is 12.2 Å². The number of aromatic nitrogens is 3. The van der Waals surface area contributed by atoms with Crippen molar-refractivity contribution in [3.63, 3.8) is 0 Å². The largest absolute Gasteiger partial charge is 0.506 e. The molecule has 0 aliphatic heterocycles. The van der Waals surface area contributed by atoms with E-state index in [4.69, 9.17) is 0 Å². The summed E-state index contributed by atoms with van der Waals surface area (Å²) in [7, 11) is -19.9. The second-order valence-electron chi connectivity index (χ2n) is 14.7. The van der Waals surface area contributed by atoms with E-state index in [1.54, 1.807) is 30.3 Å². The summed E-state index contributed by atoms with van der Waals surface area (Å²) in [5.41, 5.74) is 2.23. The monoisotopic (exact) mass is 1050 g/mol. The standard InChI is InChI=1S/C41H30N10O16S4/c52-31-12-8-25(68(56,57)58)18-29(31)48-50-35-33(70(62,63)64)16-20-14-23(6-10-27(20)37(35)54)43-40-45-39(42-22-4-2-1-3-5-22)46-41(47-40)44-24-7-11-28-21(15-24)17-34(71(65,66)67)36(38(28)55)51-49-30-19-26(69(59,60)61)9-13-32(30)53/h1-19,48-49,52-53H,(H,56,57,58)(H,59,60,61)(H,62,63,64)(H,65,66,67)(H3,42,43,44,45,46,47). The minimum Gasteiger partial charge on any atom is -0.506 e. The van der Waals surface area contributed by atoms with Crippen LogP contribution in [0.5, 0.6) is 11.5 Å². The minimum atomic E-state index is -5.19. The number of carbonyl (C=O) groups is 2. The van der Waals surface area contributed by atoms with Gasteiger partial charge in [0.25, 0.3) is 40.5 Å². The van der Waals surface area contributed by atoms with Gasteiger partial charge in [0.15, 0.2) is 11.4 Å². The van der Waals surface area contributed by atoms with E-state index in [1.807, 2.05) is 0 Å². The van der Waals surface area contributed by atoms with Crippen molar-refractivity contribution in [3.05, 3.63) is 135 Å². The molecule has 0 bridgehead atoms. The SMILES string of the molecule is O=C1C(=NNc2cc(S(=O)(=O)O)ccc2O)C(S(=O)(=O)O)=Cc2cc(Nc3nc(Nc4ccccc4)nc(Nc4ccc5c(c4)C=C(S(=O)(=O)O)C(=NNc4cc(S(=O)(=O)O)ccc4O)C5=O)n3)ccc21. The number of aromatic hydroxyl groups is 2. The van der Waals surface area contributed by atoms with Gasteiger partial charge in [0.2, 0.25) is 29.4 Å². The Morgan fingerprint density at radius 1 is 0.437 bits per heavy atom. The van der Waals surface area contributed by atoms with E-state index in [1.165, 1.54) is 36.4 Å². The predicted octanol–water partition coefficient (Wildman–Crippen LogP) is 4.79. The van der Waals surface area contributed by atoms with E-state index in [2.05, 4.69) is 52.0 Å². The molecule has 1 aromatic heterocycles. The molecule has 0 saturated heterocycles. The van der Waals surface area contributed by atoms with Crippen molar-refractivity contribution < 1.29 is 71.7 Å². The number of rotatable bonds is 14. The number of hydrogen-bond donors (Lipinski definition) is 11. The predicted molar refractivity (Wildman–Crippen MR) is 255 cm³/mol. The Morgan fingerprint density at radius 3 is 1.18 bits per heavy atom. The number of hydrazone groups is 2. The molecule has 0 unspecified atom stereocenters. The Hall–Kier alpha value is -8.49. The lowest BCUT2D eigenvalue weighted by Gasteiger charge is -2.18. The maximum Gasteiger partial charge on any atom is 0.296 e. The first-order valence-electron chi connectivity index (χ1n) is 19.5. The molecule has 0 atom stereocenters. The molecular formula is C41H30N10O16S4. The van der Waals surface area contributed by atoms with E-state index in [9.17, 15) is 71.7 Å². The molecule has 30 heteroatoms. The third-order valence-corrected chi connectivity index (χ3v) is 13.3. The summed E-state index contributed by atoms with van der Waals surface area (Å²) in [6, 6.07) is 21.5. The van der Waals surface area contributed by atoms with Crippen LogP contribution >= 0.6 is 0 Å². The molecule has 5 aromatic carbocycles. The molecule has 2 aliphatic carbocycles. The third kappa shape index (κ3) is 10.9. The highest BCUT2D eigenvalue weighted by molar-refractivity contribution is 7.91. The number of nitrogens with one attached hydrogen (secondary N) is 5. The lowest BCUT2D eigenvalue weighted by Crippen LogP contribution is -2.27.